The number of imidazole rings is 1. The van der Waals surface area contributed by atoms with E-state index in [1.54, 1.807) is 0 Å². The van der Waals surface area contributed by atoms with Crippen molar-refractivity contribution in [3.05, 3.63) is 17.7 Å². The number of hydrogen-bond acceptors (Lipinski definition) is 4. The maximum absolute atomic E-state index is 11.6. The molecule has 2 rings (SSSR count). The number of aromatic nitrogens is 2. The number of H-pyrrole nitrogens is 1. The van der Waals surface area contributed by atoms with Crippen molar-refractivity contribution in [2.75, 3.05) is 0 Å². The Labute approximate surface area is 96.4 Å². The predicted octanol–water partition coefficient (Wildman–Crippen LogP) is -0.663. The quantitative estimate of drug-likeness (QED) is 0.664. The molecule has 0 spiro atoms. The highest BCUT2D eigenvalue weighted by Crippen LogP contribution is 2.20. The van der Waals surface area contributed by atoms with Gasteiger partial charge in [0.05, 0.1) is 24.3 Å². The number of nitrogens with one attached hydrogen (secondary N) is 1. The summed E-state index contributed by atoms with van der Waals surface area (Å²) in [6.45, 7) is 1.20. The van der Waals surface area contributed by atoms with Gasteiger partial charge in [-0.25, -0.2) is 9.78 Å². The summed E-state index contributed by atoms with van der Waals surface area (Å²) < 4.78 is 0. The second kappa shape index (κ2) is 4.00. The van der Waals surface area contributed by atoms with Crippen molar-refractivity contribution in [2.24, 2.45) is 0 Å². The van der Waals surface area contributed by atoms with Crippen molar-refractivity contribution in [3.8, 4) is 0 Å². The molecule has 0 saturated heterocycles. The van der Waals surface area contributed by atoms with E-state index in [0.29, 0.717) is 11.4 Å². The molecule has 2 heterocycles. The van der Waals surface area contributed by atoms with Gasteiger partial charge in [0.15, 0.2) is 0 Å². The average molecular weight is 237 g/mol. The lowest BCUT2D eigenvalue weighted by molar-refractivity contribution is -0.154. The predicted molar refractivity (Wildman–Crippen MR) is 54.9 cm³/mol. The number of Topliss-reactive ketones (excluding diaryl/α,β-unsaturated/α-hetero) is 1. The molecule has 1 aliphatic rings. The Balaban J connectivity index is 2.34. The fourth-order valence-electron chi connectivity index (χ4n) is 1.87. The zero-order valence-electron chi connectivity index (χ0n) is 9.14. The zero-order valence-corrected chi connectivity index (χ0v) is 9.14. The van der Waals surface area contributed by atoms with Gasteiger partial charge in [-0.1, -0.05) is 0 Å². The van der Waals surface area contributed by atoms with Crippen LogP contribution in [0.1, 0.15) is 18.3 Å². The maximum Gasteiger partial charge on any atom is 0.326 e. The van der Waals surface area contributed by atoms with Gasteiger partial charge in [0.25, 0.3) is 5.91 Å². The highest BCUT2D eigenvalue weighted by Gasteiger charge is 2.37. The summed E-state index contributed by atoms with van der Waals surface area (Å²) in [6, 6.07) is -1.03. The summed E-state index contributed by atoms with van der Waals surface area (Å²) in [5.41, 5.74) is 1.31. The smallest absolute Gasteiger partial charge is 0.326 e. The van der Waals surface area contributed by atoms with Gasteiger partial charge in [0, 0.05) is 13.3 Å². The molecule has 0 bridgehead atoms. The number of carbonyl (C=O) groups excluding carboxylic acids is 2. The lowest BCUT2D eigenvalue weighted by Gasteiger charge is -2.31. The number of nitrogens with zero attached hydrogens (tertiary/aromatic N) is 2. The minimum atomic E-state index is -1.13. The summed E-state index contributed by atoms with van der Waals surface area (Å²) in [5, 5.41) is 9.06. The molecule has 2 N–H and O–H groups in total. The Morgan fingerprint density at radius 2 is 2.24 bits per heavy atom. The first-order chi connectivity index (χ1) is 8.00. The molecule has 1 amide bonds. The Bertz CT molecular complexity index is 493. The van der Waals surface area contributed by atoms with Gasteiger partial charge >= 0.3 is 5.97 Å². The molecule has 0 radical (unpaired) electrons. The first-order valence-electron chi connectivity index (χ1n) is 5.06. The van der Waals surface area contributed by atoms with E-state index >= 15 is 0 Å². The van der Waals surface area contributed by atoms with Crippen LogP contribution in [0.15, 0.2) is 6.33 Å². The number of ketones is 1. The molecule has 0 fully saturated rings. The van der Waals surface area contributed by atoms with E-state index in [0.717, 1.165) is 11.8 Å². The van der Waals surface area contributed by atoms with Crippen LogP contribution < -0.4 is 0 Å². The summed E-state index contributed by atoms with van der Waals surface area (Å²) >= 11 is 0. The van der Waals surface area contributed by atoms with Crippen molar-refractivity contribution < 1.29 is 19.5 Å². The number of carboxylic acids is 1. The molecule has 1 aromatic rings. The monoisotopic (exact) mass is 237 g/mol. The number of carbonyl (C=O) groups is 3. The van der Waals surface area contributed by atoms with Crippen molar-refractivity contribution in [3.63, 3.8) is 0 Å². The van der Waals surface area contributed by atoms with Crippen LogP contribution in [-0.2, 0) is 27.3 Å². The van der Waals surface area contributed by atoms with Crippen LogP contribution >= 0.6 is 0 Å². The average Bonchev–Trinajstić information content (AvgIpc) is 2.72. The molecule has 7 nitrogen and oxygen atoms in total. The Kier molecular flexibility index (Phi) is 2.66. The van der Waals surface area contributed by atoms with E-state index in [1.165, 1.54) is 6.33 Å². The van der Waals surface area contributed by atoms with Gasteiger partial charge in [-0.3, -0.25) is 9.59 Å². The van der Waals surface area contributed by atoms with Crippen LogP contribution in [0, 0.1) is 0 Å². The fraction of sp³-hybridized carbons (Fsp3) is 0.400. The number of aromatic amines is 1. The van der Waals surface area contributed by atoms with Crippen molar-refractivity contribution >= 4 is 17.7 Å². The Morgan fingerprint density at radius 1 is 1.53 bits per heavy atom. The van der Waals surface area contributed by atoms with E-state index in [9.17, 15) is 14.4 Å². The Morgan fingerprint density at radius 3 is 2.82 bits per heavy atom. The molecular formula is C10H11N3O4. The number of carboxylic acid groups (broad SMARTS) is 1. The van der Waals surface area contributed by atoms with Gasteiger partial charge in [-0.05, 0) is 0 Å². The molecule has 1 atom stereocenters. The molecular weight excluding hydrogens is 226 g/mol. The minimum Gasteiger partial charge on any atom is -0.480 e. The first kappa shape index (κ1) is 11.3. The van der Waals surface area contributed by atoms with Crippen LogP contribution in [-0.4, -0.2) is 43.7 Å². The third-order valence-electron chi connectivity index (χ3n) is 2.75. The van der Waals surface area contributed by atoms with Gasteiger partial charge in [0.1, 0.15) is 6.04 Å². The molecule has 1 aliphatic heterocycles. The van der Waals surface area contributed by atoms with Crippen molar-refractivity contribution in [2.45, 2.75) is 25.9 Å². The summed E-state index contributed by atoms with van der Waals surface area (Å²) in [6.07, 6.45) is 1.57. The molecule has 0 aromatic carbocycles. The summed E-state index contributed by atoms with van der Waals surface area (Å²) in [5.74, 6) is -2.58. The number of hydrogen-bond donors (Lipinski definition) is 2. The molecule has 90 valence electrons. The third-order valence-corrected chi connectivity index (χ3v) is 2.75. The molecule has 17 heavy (non-hydrogen) atoms. The minimum absolute atomic E-state index is 0.0741. The van der Waals surface area contributed by atoms with E-state index in [2.05, 4.69) is 9.97 Å². The Hall–Kier alpha value is -2.18. The van der Waals surface area contributed by atoms with E-state index in [4.69, 9.17) is 5.11 Å². The summed E-state index contributed by atoms with van der Waals surface area (Å²) in [7, 11) is 0. The SMILES string of the molecule is CC(=O)C(=O)N1Cc2[nH]cnc2CC1C(=O)O. The largest absolute Gasteiger partial charge is 0.480 e. The first-order valence-corrected chi connectivity index (χ1v) is 5.06. The van der Waals surface area contributed by atoms with Crippen LogP contribution in [0.25, 0.3) is 0 Å². The molecule has 1 aromatic heterocycles. The van der Waals surface area contributed by atoms with Crippen molar-refractivity contribution in [1.82, 2.24) is 14.9 Å². The highest BCUT2D eigenvalue weighted by molar-refractivity contribution is 6.35. The number of aliphatic carboxylic acids is 1. The number of rotatable bonds is 2. The fourth-order valence-corrected chi connectivity index (χ4v) is 1.87. The topological polar surface area (TPSA) is 103 Å². The van der Waals surface area contributed by atoms with Gasteiger partial charge < -0.3 is 15.0 Å². The highest BCUT2D eigenvalue weighted by atomic mass is 16.4. The van der Waals surface area contributed by atoms with E-state index < -0.39 is 23.7 Å². The number of fused-ring (bicyclic) bond motifs is 1. The van der Waals surface area contributed by atoms with Crippen LogP contribution in [0.5, 0.6) is 0 Å². The van der Waals surface area contributed by atoms with Gasteiger partial charge in [-0.2, -0.15) is 0 Å². The molecule has 0 saturated carbocycles. The van der Waals surface area contributed by atoms with Crippen LogP contribution in [0.3, 0.4) is 0 Å². The number of amides is 1. The maximum atomic E-state index is 11.6. The molecule has 1 unspecified atom stereocenters. The normalized spacial score (nSPS) is 18.6. The zero-order chi connectivity index (χ0) is 12.6. The molecule has 7 heteroatoms. The molecule has 0 aliphatic carbocycles. The van der Waals surface area contributed by atoms with Crippen LogP contribution in [0.2, 0.25) is 0 Å². The lowest BCUT2D eigenvalue weighted by atomic mass is 10.0. The summed E-state index contributed by atoms with van der Waals surface area (Å²) in [4.78, 5) is 41.6. The van der Waals surface area contributed by atoms with E-state index in [1.807, 2.05) is 0 Å². The van der Waals surface area contributed by atoms with Gasteiger partial charge in [-0.15, -0.1) is 0 Å². The van der Waals surface area contributed by atoms with Gasteiger partial charge in [0.2, 0.25) is 5.78 Å². The van der Waals surface area contributed by atoms with Crippen molar-refractivity contribution in [1.29, 1.82) is 0 Å². The van der Waals surface area contributed by atoms with E-state index in [-0.39, 0.29) is 13.0 Å². The third kappa shape index (κ3) is 1.91. The standard InChI is InChI=1S/C10H11N3O4/c1-5(14)9(15)13-3-7-6(11-4-12-7)2-8(13)10(16)17/h4,8H,2-3H2,1H3,(H,11,12)(H,16,17). The second-order valence-electron chi connectivity index (χ2n) is 3.88. The van der Waals surface area contributed by atoms with Crippen LogP contribution in [0.4, 0.5) is 0 Å². The second-order valence-corrected chi connectivity index (χ2v) is 3.88. The lowest BCUT2D eigenvalue weighted by Crippen LogP contribution is -2.50.